The lowest BCUT2D eigenvalue weighted by Crippen LogP contribution is -2.27. The van der Waals surface area contributed by atoms with Crippen molar-refractivity contribution in [2.24, 2.45) is 0 Å². The van der Waals surface area contributed by atoms with Crippen LogP contribution in [-0.2, 0) is 29.2 Å². The summed E-state index contributed by atoms with van der Waals surface area (Å²) in [6, 6.07) is 8.50. The molecular formula is C18H20N4O2S. The number of benzene rings is 1. The second kappa shape index (κ2) is 5.93. The van der Waals surface area contributed by atoms with Gasteiger partial charge in [-0.05, 0) is 25.6 Å². The van der Waals surface area contributed by atoms with E-state index in [4.69, 9.17) is 4.98 Å². The van der Waals surface area contributed by atoms with Crippen molar-refractivity contribution in [2.45, 2.75) is 36.1 Å². The molecule has 7 heteroatoms. The van der Waals surface area contributed by atoms with Gasteiger partial charge in [-0.15, -0.1) is 0 Å². The maximum Gasteiger partial charge on any atom is 0.212 e. The highest BCUT2D eigenvalue weighted by molar-refractivity contribution is 7.91. The minimum atomic E-state index is -3.66. The molecule has 0 atom stereocenters. The van der Waals surface area contributed by atoms with Gasteiger partial charge in [0.05, 0.1) is 16.3 Å². The van der Waals surface area contributed by atoms with Crippen LogP contribution in [0.1, 0.15) is 23.9 Å². The Kier molecular flexibility index (Phi) is 3.85. The van der Waals surface area contributed by atoms with Gasteiger partial charge in [0.25, 0.3) is 0 Å². The molecule has 0 unspecified atom stereocenters. The maximum absolute atomic E-state index is 13.2. The third-order valence-corrected chi connectivity index (χ3v) is 6.48. The van der Waals surface area contributed by atoms with E-state index >= 15 is 0 Å². The zero-order valence-corrected chi connectivity index (χ0v) is 15.1. The normalized spacial score (nSPS) is 15.4. The lowest BCUT2D eigenvalue weighted by Gasteiger charge is -2.23. The van der Waals surface area contributed by atoms with Crippen LogP contribution in [0.2, 0.25) is 0 Å². The zero-order chi connectivity index (χ0) is 17.6. The maximum atomic E-state index is 13.2. The highest BCUT2D eigenvalue weighted by Crippen LogP contribution is 2.29. The van der Waals surface area contributed by atoms with Crippen LogP contribution in [0, 0.1) is 0 Å². The van der Waals surface area contributed by atoms with Gasteiger partial charge in [0, 0.05) is 31.3 Å². The van der Waals surface area contributed by atoms with Crippen molar-refractivity contribution in [2.75, 3.05) is 13.6 Å². The van der Waals surface area contributed by atoms with Crippen molar-refractivity contribution in [3.8, 4) is 0 Å². The lowest BCUT2D eigenvalue weighted by molar-refractivity contribution is 0.309. The van der Waals surface area contributed by atoms with Crippen LogP contribution in [0.25, 0.3) is 5.65 Å². The molecule has 25 heavy (non-hydrogen) atoms. The predicted octanol–water partition coefficient (Wildman–Crippen LogP) is 2.11. The Morgan fingerprint density at radius 1 is 1.20 bits per heavy atom. The van der Waals surface area contributed by atoms with Gasteiger partial charge in [-0.1, -0.05) is 25.1 Å². The molecule has 4 rings (SSSR count). The van der Waals surface area contributed by atoms with Crippen molar-refractivity contribution in [1.82, 2.24) is 19.5 Å². The molecule has 1 aliphatic rings. The summed E-state index contributed by atoms with van der Waals surface area (Å²) in [5.74, 6) is 0. The van der Waals surface area contributed by atoms with E-state index in [1.54, 1.807) is 34.8 Å². The molecule has 1 aromatic carbocycles. The summed E-state index contributed by atoms with van der Waals surface area (Å²) in [4.78, 5) is 7.44. The summed E-state index contributed by atoms with van der Waals surface area (Å²) >= 11 is 0. The molecule has 0 fully saturated rings. The quantitative estimate of drug-likeness (QED) is 0.719. The van der Waals surface area contributed by atoms with Gasteiger partial charge in [0.2, 0.25) is 9.84 Å². The van der Waals surface area contributed by atoms with Crippen LogP contribution >= 0.6 is 0 Å². The number of aryl methyl sites for hydroxylation is 1. The van der Waals surface area contributed by atoms with Crippen molar-refractivity contribution in [1.29, 1.82) is 0 Å². The zero-order valence-electron chi connectivity index (χ0n) is 14.3. The summed E-state index contributed by atoms with van der Waals surface area (Å²) in [6.45, 7) is 3.64. The average Bonchev–Trinajstić information content (AvgIpc) is 2.98. The first-order valence-corrected chi connectivity index (χ1v) is 9.87. The van der Waals surface area contributed by atoms with Crippen molar-refractivity contribution in [3.05, 3.63) is 53.5 Å². The Hall–Kier alpha value is -2.25. The number of fused-ring (bicyclic) bond motifs is 2. The lowest BCUT2D eigenvalue weighted by atomic mass is 10.1. The fraction of sp³-hybridized carbons (Fsp3) is 0.333. The molecule has 0 radical (unpaired) electrons. The van der Waals surface area contributed by atoms with Crippen LogP contribution < -0.4 is 0 Å². The molecule has 0 bridgehead atoms. The highest BCUT2D eigenvalue weighted by atomic mass is 32.2. The van der Waals surface area contributed by atoms with Crippen molar-refractivity contribution >= 4 is 15.5 Å². The molecule has 0 N–H and O–H groups in total. The Morgan fingerprint density at radius 2 is 1.96 bits per heavy atom. The number of aromatic nitrogens is 3. The molecule has 0 spiro atoms. The van der Waals surface area contributed by atoms with Crippen LogP contribution in [0.5, 0.6) is 0 Å². The standard InChI is InChI=1S/C18H20N4O2S/c1-3-15-17(25(23,24)14-7-5-4-6-8-14)18-19-16-9-10-21(2)11-13(16)12-22(18)20-15/h4-8,12H,3,9-11H2,1-2H3. The summed E-state index contributed by atoms with van der Waals surface area (Å²) < 4.78 is 28.0. The molecule has 3 heterocycles. The topological polar surface area (TPSA) is 67.6 Å². The largest absolute Gasteiger partial charge is 0.302 e. The monoisotopic (exact) mass is 356 g/mol. The molecule has 3 aromatic rings. The number of nitrogens with zero attached hydrogens (tertiary/aromatic N) is 4. The molecule has 0 aliphatic carbocycles. The van der Waals surface area contributed by atoms with E-state index in [9.17, 15) is 8.42 Å². The Labute approximate surface area is 147 Å². The number of hydrogen-bond acceptors (Lipinski definition) is 5. The fourth-order valence-corrected chi connectivity index (χ4v) is 4.93. The van der Waals surface area contributed by atoms with Gasteiger partial charge in [-0.3, -0.25) is 0 Å². The van der Waals surface area contributed by atoms with E-state index in [0.29, 0.717) is 17.8 Å². The van der Waals surface area contributed by atoms with Crippen LogP contribution in [0.15, 0.2) is 46.3 Å². The van der Waals surface area contributed by atoms with E-state index in [1.165, 1.54) is 0 Å². The molecule has 1 aliphatic heterocycles. The van der Waals surface area contributed by atoms with E-state index in [1.807, 2.05) is 13.1 Å². The minimum Gasteiger partial charge on any atom is -0.302 e. The number of hydrogen-bond donors (Lipinski definition) is 0. The summed E-state index contributed by atoms with van der Waals surface area (Å²) in [5, 5.41) is 4.51. The highest BCUT2D eigenvalue weighted by Gasteiger charge is 2.29. The van der Waals surface area contributed by atoms with Crippen LogP contribution in [0.3, 0.4) is 0 Å². The predicted molar refractivity (Wildman–Crippen MR) is 94.3 cm³/mol. The first kappa shape index (κ1) is 16.2. The van der Waals surface area contributed by atoms with Crippen molar-refractivity contribution < 1.29 is 8.42 Å². The summed E-state index contributed by atoms with van der Waals surface area (Å²) in [7, 11) is -1.59. The fourth-order valence-electron chi connectivity index (χ4n) is 3.31. The molecule has 0 amide bonds. The van der Waals surface area contributed by atoms with E-state index in [2.05, 4.69) is 17.0 Å². The smallest absolute Gasteiger partial charge is 0.212 e. The van der Waals surface area contributed by atoms with Gasteiger partial charge in [0.1, 0.15) is 4.90 Å². The molecule has 2 aromatic heterocycles. The molecule has 130 valence electrons. The molecular weight excluding hydrogens is 336 g/mol. The third-order valence-electron chi connectivity index (χ3n) is 4.63. The van der Waals surface area contributed by atoms with E-state index < -0.39 is 9.84 Å². The molecule has 6 nitrogen and oxygen atoms in total. The number of rotatable bonds is 3. The Bertz CT molecular complexity index is 1040. The number of likely N-dealkylation sites (N-methyl/N-ethyl adjacent to an activating group) is 1. The Balaban J connectivity index is 1.97. The van der Waals surface area contributed by atoms with Gasteiger partial charge < -0.3 is 4.90 Å². The van der Waals surface area contributed by atoms with Gasteiger partial charge in [-0.2, -0.15) is 5.10 Å². The Morgan fingerprint density at radius 3 is 2.68 bits per heavy atom. The average molecular weight is 356 g/mol. The summed E-state index contributed by atoms with van der Waals surface area (Å²) in [5.41, 5.74) is 3.07. The van der Waals surface area contributed by atoms with Gasteiger partial charge in [0.15, 0.2) is 5.65 Å². The third kappa shape index (κ3) is 2.63. The first-order valence-electron chi connectivity index (χ1n) is 8.39. The second-order valence-corrected chi connectivity index (χ2v) is 8.30. The first-order chi connectivity index (χ1) is 12.0. The van der Waals surface area contributed by atoms with Crippen molar-refractivity contribution in [3.63, 3.8) is 0 Å². The van der Waals surface area contributed by atoms with Crippen LogP contribution in [0.4, 0.5) is 0 Å². The van der Waals surface area contributed by atoms with Gasteiger partial charge >= 0.3 is 0 Å². The minimum absolute atomic E-state index is 0.239. The van der Waals surface area contributed by atoms with Gasteiger partial charge in [-0.25, -0.2) is 17.9 Å². The SMILES string of the molecule is CCc1nn2cc3c(nc2c1S(=O)(=O)c1ccccc1)CCN(C)C3. The number of sulfone groups is 1. The van der Waals surface area contributed by atoms with E-state index in [-0.39, 0.29) is 9.79 Å². The molecule has 0 saturated heterocycles. The summed E-state index contributed by atoms with van der Waals surface area (Å²) in [6.07, 6.45) is 3.28. The van der Waals surface area contributed by atoms with E-state index in [0.717, 1.165) is 30.8 Å². The second-order valence-electron chi connectivity index (χ2n) is 6.41. The van der Waals surface area contributed by atoms with Crippen LogP contribution in [-0.4, -0.2) is 41.5 Å². The molecule has 0 saturated carbocycles.